The first-order valence-corrected chi connectivity index (χ1v) is 11.2. The summed E-state index contributed by atoms with van der Waals surface area (Å²) < 4.78 is 1.53. The molecule has 0 spiro atoms. The van der Waals surface area contributed by atoms with Crippen molar-refractivity contribution in [2.24, 2.45) is 0 Å². The molecule has 160 valence electrons. The van der Waals surface area contributed by atoms with Gasteiger partial charge >= 0.3 is 0 Å². The van der Waals surface area contributed by atoms with E-state index >= 15 is 0 Å². The Morgan fingerprint density at radius 2 is 1.78 bits per heavy atom. The van der Waals surface area contributed by atoms with Crippen LogP contribution in [0.2, 0.25) is 5.02 Å². The Labute approximate surface area is 194 Å². The van der Waals surface area contributed by atoms with E-state index in [0.717, 1.165) is 5.56 Å². The van der Waals surface area contributed by atoms with Gasteiger partial charge in [0.25, 0.3) is 5.56 Å². The average molecular weight is 462 g/mol. The van der Waals surface area contributed by atoms with Gasteiger partial charge in [-0.3, -0.25) is 14.2 Å². The lowest BCUT2D eigenvalue weighted by molar-refractivity contribution is -0.115. The summed E-state index contributed by atoms with van der Waals surface area (Å²) in [4.78, 5) is 31.1. The molecule has 5 nitrogen and oxygen atoms in total. The molecule has 0 aliphatic heterocycles. The predicted molar refractivity (Wildman–Crippen MR) is 131 cm³/mol. The molecule has 0 aliphatic carbocycles. The number of benzene rings is 3. The van der Waals surface area contributed by atoms with Crippen molar-refractivity contribution in [1.29, 1.82) is 0 Å². The summed E-state index contributed by atoms with van der Waals surface area (Å²) in [5, 5.41) is 3.70. The van der Waals surface area contributed by atoms with Crippen molar-refractivity contribution in [1.82, 2.24) is 9.55 Å². The maximum atomic E-state index is 13.3. The smallest absolute Gasteiger partial charge is 0.262 e. The van der Waals surface area contributed by atoms with E-state index in [-0.39, 0.29) is 18.0 Å². The van der Waals surface area contributed by atoms with E-state index < -0.39 is 5.25 Å². The lowest BCUT2D eigenvalue weighted by Gasteiger charge is -2.19. The number of rotatable bonds is 7. The number of hydrogen-bond acceptors (Lipinski definition) is 4. The maximum Gasteiger partial charge on any atom is 0.262 e. The Hall–Kier alpha value is -3.35. The second kappa shape index (κ2) is 9.85. The summed E-state index contributed by atoms with van der Waals surface area (Å²) in [6.45, 7) is 4.04. The minimum atomic E-state index is -0.629. The number of amides is 1. The third-order valence-electron chi connectivity index (χ3n) is 4.80. The Morgan fingerprint density at radius 3 is 2.47 bits per heavy atom. The number of anilines is 1. The highest BCUT2D eigenvalue weighted by molar-refractivity contribution is 8.00. The van der Waals surface area contributed by atoms with E-state index in [1.165, 1.54) is 16.3 Å². The van der Waals surface area contributed by atoms with Crippen molar-refractivity contribution in [2.45, 2.75) is 17.0 Å². The van der Waals surface area contributed by atoms with Gasteiger partial charge in [0.2, 0.25) is 5.91 Å². The van der Waals surface area contributed by atoms with Crippen molar-refractivity contribution in [2.75, 3.05) is 5.32 Å². The summed E-state index contributed by atoms with van der Waals surface area (Å²) in [6.07, 6.45) is 1.64. The SMILES string of the molecule is C=CCn1c(SC(C(=O)Nc2ccccc2)c2ccccc2)nc2cc(Cl)ccc2c1=O. The molecule has 1 amide bonds. The van der Waals surface area contributed by atoms with Crippen LogP contribution in [-0.2, 0) is 11.3 Å². The molecule has 1 N–H and O–H groups in total. The number of thioether (sulfide) groups is 1. The quantitative estimate of drug-likeness (QED) is 0.217. The van der Waals surface area contributed by atoms with E-state index in [1.807, 2.05) is 60.7 Å². The van der Waals surface area contributed by atoms with Crippen molar-refractivity contribution in [3.05, 3.63) is 112 Å². The first-order valence-electron chi connectivity index (χ1n) is 9.95. The highest BCUT2D eigenvalue weighted by atomic mass is 35.5. The summed E-state index contributed by atoms with van der Waals surface area (Å²) in [5.41, 5.74) is 1.78. The molecule has 0 saturated heterocycles. The van der Waals surface area contributed by atoms with Crippen molar-refractivity contribution in [3.63, 3.8) is 0 Å². The van der Waals surface area contributed by atoms with Crippen LogP contribution in [0.25, 0.3) is 10.9 Å². The van der Waals surface area contributed by atoms with Gasteiger partial charge < -0.3 is 5.32 Å². The Kier molecular flexibility index (Phi) is 6.73. The van der Waals surface area contributed by atoms with E-state index in [0.29, 0.717) is 26.8 Å². The molecular weight excluding hydrogens is 442 g/mol. The van der Waals surface area contributed by atoms with Gasteiger partial charge in [-0.1, -0.05) is 78.0 Å². The van der Waals surface area contributed by atoms with Gasteiger partial charge in [-0.15, -0.1) is 6.58 Å². The summed E-state index contributed by atoms with van der Waals surface area (Å²) in [6, 6.07) is 23.7. The number of fused-ring (bicyclic) bond motifs is 1. The van der Waals surface area contributed by atoms with Gasteiger partial charge in [-0.2, -0.15) is 0 Å². The van der Waals surface area contributed by atoms with Crippen LogP contribution in [0.4, 0.5) is 5.69 Å². The van der Waals surface area contributed by atoms with E-state index in [4.69, 9.17) is 11.6 Å². The number of para-hydroxylation sites is 1. The molecule has 0 saturated carbocycles. The number of allylic oxidation sites excluding steroid dienone is 1. The van der Waals surface area contributed by atoms with Crippen LogP contribution in [0.5, 0.6) is 0 Å². The monoisotopic (exact) mass is 461 g/mol. The van der Waals surface area contributed by atoms with Gasteiger partial charge in [-0.25, -0.2) is 4.98 Å². The zero-order valence-electron chi connectivity index (χ0n) is 17.1. The van der Waals surface area contributed by atoms with Crippen LogP contribution in [-0.4, -0.2) is 15.5 Å². The molecule has 1 aromatic heterocycles. The van der Waals surface area contributed by atoms with Crippen LogP contribution in [0.1, 0.15) is 10.8 Å². The molecule has 4 rings (SSSR count). The van der Waals surface area contributed by atoms with Gasteiger partial charge in [0.15, 0.2) is 5.16 Å². The molecule has 0 radical (unpaired) electrons. The summed E-state index contributed by atoms with van der Waals surface area (Å²) in [5.74, 6) is -0.210. The maximum absolute atomic E-state index is 13.3. The molecule has 7 heteroatoms. The van der Waals surface area contributed by atoms with Crippen molar-refractivity contribution in [3.8, 4) is 0 Å². The molecule has 3 aromatic carbocycles. The third-order valence-corrected chi connectivity index (χ3v) is 6.28. The van der Waals surface area contributed by atoms with Gasteiger partial charge in [0, 0.05) is 17.3 Å². The van der Waals surface area contributed by atoms with Gasteiger partial charge in [-0.05, 0) is 35.9 Å². The van der Waals surface area contributed by atoms with Crippen LogP contribution >= 0.6 is 23.4 Å². The first kappa shape index (κ1) is 21.9. The van der Waals surface area contributed by atoms with Crippen molar-refractivity contribution < 1.29 is 4.79 Å². The molecule has 0 aliphatic rings. The Bertz CT molecular complexity index is 1320. The molecular formula is C25H20ClN3O2S. The number of nitrogens with zero attached hydrogens (tertiary/aromatic N) is 2. The largest absolute Gasteiger partial charge is 0.325 e. The minimum absolute atomic E-state index is 0.204. The molecule has 32 heavy (non-hydrogen) atoms. The number of carbonyl (C=O) groups excluding carboxylic acids is 1. The van der Waals surface area contributed by atoms with Crippen molar-refractivity contribution >= 4 is 45.9 Å². The number of carbonyl (C=O) groups is 1. The van der Waals surface area contributed by atoms with Gasteiger partial charge in [0.1, 0.15) is 5.25 Å². The first-order chi connectivity index (χ1) is 15.6. The average Bonchev–Trinajstić information content (AvgIpc) is 2.80. The number of halogens is 1. The zero-order chi connectivity index (χ0) is 22.5. The van der Waals surface area contributed by atoms with Crippen LogP contribution in [0.15, 0.2) is 101 Å². The fourth-order valence-electron chi connectivity index (χ4n) is 3.29. The number of aromatic nitrogens is 2. The molecule has 0 bridgehead atoms. The van der Waals surface area contributed by atoms with Crippen LogP contribution in [0, 0.1) is 0 Å². The molecule has 1 unspecified atom stereocenters. The lowest BCUT2D eigenvalue weighted by atomic mass is 10.1. The Balaban J connectivity index is 1.79. The molecule has 4 aromatic rings. The zero-order valence-corrected chi connectivity index (χ0v) is 18.6. The minimum Gasteiger partial charge on any atom is -0.325 e. The highest BCUT2D eigenvalue weighted by Crippen LogP contribution is 2.35. The predicted octanol–water partition coefficient (Wildman–Crippen LogP) is 5.71. The standard InChI is InChI=1S/C25H20ClN3O2S/c1-2-15-29-24(31)20-14-13-18(26)16-21(20)28-25(29)32-22(17-9-5-3-6-10-17)23(30)27-19-11-7-4-8-12-19/h2-14,16,22H,1,15H2,(H,27,30). The molecule has 1 atom stereocenters. The third kappa shape index (κ3) is 4.77. The summed E-state index contributed by atoms with van der Waals surface area (Å²) in [7, 11) is 0. The molecule has 0 fully saturated rings. The van der Waals surface area contributed by atoms with Gasteiger partial charge in [0.05, 0.1) is 10.9 Å². The van der Waals surface area contributed by atoms with E-state index in [9.17, 15) is 9.59 Å². The highest BCUT2D eigenvalue weighted by Gasteiger charge is 2.25. The second-order valence-corrected chi connectivity index (χ2v) is 8.53. The molecule has 1 heterocycles. The lowest BCUT2D eigenvalue weighted by Crippen LogP contribution is -2.25. The van der Waals surface area contributed by atoms with E-state index in [2.05, 4.69) is 16.9 Å². The normalized spacial score (nSPS) is 11.8. The number of hydrogen-bond donors (Lipinski definition) is 1. The fourth-order valence-corrected chi connectivity index (χ4v) is 4.56. The van der Waals surface area contributed by atoms with Crippen LogP contribution < -0.4 is 10.9 Å². The number of nitrogens with one attached hydrogen (secondary N) is 1. The van der Waals surface area contributed by atoms with E-state index in [1.54, 1.807) is 24.3 Å². The van der Waals surface area contributed by atoms with Crippen LogP contribution in [0.3, 0.4) is 0 Å². The Morgan fingerprint density at radius 1 is 1.09 bits per heavy atom. The summed E-state index contributed by atoms with van der Waals surface area (Å²) >= 11 is 7.35. The second-order valence-electron chi connectivity index (χ2n) is 7.02. The fraction of sp³-hybridized carbons (Fsp3) is 0.0800. The topological polar surface area (TPSA) is 64.0 Å².